The van der Waals surface area contributed by atoms with E-state index >= 15 is 0 Å². The molecule has 0 bridgehead atoms. The van der Waals surface area contributed by atoms with Crippen molar-refractivity contribution >= 4 is 34.0 Å². The van der Waals surface area contributed by atoms with E-state index in [1.165, 1.54) is 6.20 Å². The molecule has 1 amide bonds. The van der Waals surface area contributed by atoms with Gasteiger partial charge >= 0.3 is 0 Å². The molecule has 0 aliphatic rings. The standard InChI is InChI=1S/C23H21N5O/c1-14-10-15(2)21(16(3)11-14)28-23(29)19-12-26-20(13-25-19)27-18-8-4-6-17-7-5-9-24-22(17)18/h4-13H,1-3H3,(H,26,27)(H,28,29). The molecule has 0 aliphatic heterocycles. The molecule has 0 aliphatic carbocycles. The molecule has 2 heterocycles. The molecule has 6 heteroatoms. The number of pyridine rings is 1. The Morgan fingerprint density at radius 1 is 0.897 bits per heavy atom. The Morgan fingerprint density at radius 2 is 1.66 bits per heavy atom. The Kier molecular flexibility index (Phi) is 4.91. The molecule has 0 unspecified atom stereocenters. The number of hydrogen-bond acceptors (Lipinski definition) is 5. The minimum atomic E-state index is -0.286. The van der Waals surface area contributed by atoms with Crippen LogP contribution in [-0.4, -0.2) is 20.9 Å². The van der Waals surface area contributed by atoms with Gasteiger partial charge in [-0.15, -0.1) is 0 Å². The van der Waals surface area contributed by atoms with Gasteiger partial charge in [-0.05, 0) is 44.0 Å². The van der Waals surface area contributed by atoms with Crippen LogP contribution in [-0.2, 0) is 0 Å². The second kappa shape index (κ2) is 7.67. The van der Waals surface area contributed by atoms with E-state index in [0.717, 1.165) is 39.0 Å². The number of anilines is 3. The van der Waals surface area contributed by atoms with Crippen LogP contribution in [0.25, 0.3) is 10.9 Å². The monoisotopic (exact) mass is 383 g/mol. The molecule has 0 saturated carbocycles. The van der Waals surface area contributed by atoms with Gasteiger partial charge in [-0.25, -0.2) is 9.97 Å². The van der Waals surface area contributed by atoms with Gasteiger partial charge in [0.2, 0.25) is 0 Å². The molecule has 6 nitrogen and oxygen atoms in total. The number of carbonyl (C=O) groups excluding carboxylic acids is 1. The number of nitrogens with zero attached hydrogens (tertiary/aromatic N) is 3. The Balaban J connectivity index is 1.53. The summed E-state index contributed by atoms with van der Waals surface area (Å²) in [5.41, 5.74) is 5.95. The Hall–Kier alpha value is -3.80. The van der Waals surface area contributed by atoms with Crippen molar-refractivity contribution in [3.8, 4) is 0 Å². The summed E-state index contributed by atoms with van der Waals surface area (Å²) in [6.07, 6.45) is 4.77. The SMILES string of the molecule is Cc1cc(C)c(NC(=O)c2cnc(Nc3cccc4cccnc34)cn2)c(C)c1. The second-order valence-electron chi connectivity index (χ2n) is 7.02. The van der Waals surface area contributed by atoms with E-state index in [9.17, 15) is 4.79 Å². The molecule has 144 valence electrons. The van der Waals surface area contributed by atoms with E-state index in [2.05, 4.69) is 25.6 Å². The van der Waals surface area contributed by atoms with Gasteiger partial charge in [0.15, 0.2) is 0 Å². The van der Waals surface area contributed by atoms with Crippen LogP contribution in [0.3, 0.4) is 0 Å². The molecule has 29 heavy (non-hydrogen) atoms. The number of fused-ring (bicyclic) bond motifs is 1. The summed E-state index contributed by atoms with van der Waals surface area (Å²) in [7, 11) is 0. The molecule has 0 fully saturated rings. The maximum absolute atomic E-state index is 12.6. The molecule has 0 radical (unpaired) electrons. The lowest BCUT2D eigenvalue weighted by Crippen LogP contribution is -2.16. The van der Waals surface area contributed by atoms with Gasteiger partial charge in [0.05, 0.1) is 23.6 Å². The summed E-state index contributed by atoms with van der Waals surface area (Å²) in [5.74, 6) is 0.258. The van der Waals surface area contributed by atoms with Gasteiger partial charge in [-0.1, -0.05) is 35.9 Å². The van der Waals surface area contributed by atoms with Gasteiger partial charge < -0.3 is 10.6 Å². The molecule has 4 rings (SSSR count). The first-order valence-corrected chi connectivity index (χ1v) is 9.33. The van der Waals surface area contributed by atoms with Crippen molar-refractivity contribution < 1.29 is 4.79 Å². The fraction of sp³-hybridized carbons (Fsp3) is 0.130. The van der Waals surface area contributed by atoms with Crippen molar-refractivity contribution in [3.63, 3.8) is 0 Å². The van der Waals surface area contributed by atoms with Gasteiger partial charge in [-0.3, -0.25) is 9.78 Å². The van der Waals surface area contributed by atoms with Crippen molar-refractivity contribution in [2.75, 3.05) is 10.6 Å². The molecular formula is C23H21N5O. The van der Waals surface area contributed by atoms with Crippen LogP contribution >= 0.6 is 0 Å². The zero-order valence-electron chi connectivity index (χ0n) is 16.5. The van der Waals surface area contributed by atoms with Crippen molar-refractivity contribution in [3.05, 3.63) is 83.4 Å². The third-order valence-electron chi connectivity index (χ3n) is 4.70. The Labute approximate surface area is 169 Å². The quantitative estimate of drug-likeness (QED) is 0.521. The van der Waals surface area contributed by atoms with Crippen LogP contribution in [0.15, 0.2) is 61.1 Å². The summed E-state index contributed by atoms with van der Waals surface area (Å²) < 4.78 is 0. The lowest BCUT2D eigenvalue weighted by molar-refractivity contribution is 0.102. The summed E-state index contributed by atoms with van der Waals surface area (Å²) in [6.45, 7) is 5.99. The molecule has 2 aromatic carbocycles. The van der Waals surface area contributed by atoms with E-state index in [1.54, 1.807) is 12.4 Å². The molecule has 2 aromatic heterocycles. The number of carbonyl (C=O) groups is 1. The number of aromatic nitrogens is 3. The first-order valence-electron chi connectivity index (χ1n) is 9.33. The van der Waals surface area contributed by atoms with Crippen molar-refractivity contribution in [2.24, 2.45) is 0 Å². The second-order valence-corrected chi connectivity index (χ2v) is 7.02. The average molecular weight is 383 g/mol. The zero-order valence-corrected chi connectivity index (χ0v) is 16.5. The zero-order chi connectivity index (χ0) is 20.4. The first-order chi connectivity index (χ1) is 14.0. The van der Waals surface area contributed by atoms with Gasteiger partial charge in [0.1, 0.15) is 11.5 Å². The van der Waals surface area contributed by atoms with E-state index in [1.807, 2.05) is 63.2 Å². The van der Waals surface area contributed by atoms with Crippen LogP contribution < -0.4 is 10.6 Å². The lowest BCUT2D eigenvalue weighted by atomic mass is 10.1. The maximum Gasteiger partial charge on any atom is 0.275 e. The van der Waals surface area contributed by atoms with E-state index in [4.69, 9.17) is 0 Å². The minimum absolute atomic E-state index is 0.256. The third-order valence-corrected chi connectivity index (χ3v) is 4.70. The maximum atomic E-state index is 12.6. The summed E-state index contributed by atoms with van der Waals surface area (Å²) in [4.78, 5) is 25.6. The predicted octanol–water partition coefficient (Wildman–Crippen LogP) is 4.95. The van der Waals surface area contributed by atoms with Crippen LogP contribution in [0.4, 0.5) is 17.2 Å². The number of rotatable bonds is 4. The molecule has 2 N–H and O–H groups in total. The van der Waals surface area contributed by atoms with Gasteiger partial charge in [0, 0.05) is 17.3 Å². The fourth-order valence-corrected chi connectivity index (χ4v) is 3.41. The third kappa shape index (κ3) is 3.91. The number of amides is 1. The largest absolute Gasteiger partial charge is 0.337 e. The number of nitrogens with one attached hydrogen (secondary N) is 2. The molecule has 0 saturated heterocycles. The highest BCUT2D eigenvalue weighted by Gasteiger charge is 2.12. The first kappa shape index (κ1) is 18.6. The topological polar surface area (TPSA) is 79.8 Å². The Bertz CT molecular complexity index is 1170. The van der Waals surface area contributed by atoms with Crippen molar-refractivity contribution in [1.82, 2.24) is 15.0 Å². The van der Waals surface area contributed by atoms with Crippen LogP contribution in [0, 0.1) is 20.8 Å². The number of hydrogen-bond donors (Lipinski definition) is 2. The molecule has 0 spiro atoms. The van der Waals surface area contributed by atoms with E-state index < -0.39 is 0 Å². The van der Waals surface area contributed by atoms with Crippen molar-refractivity contribution in [1.29, 1.82) is 0 Å². The van der Waals surface area contributed by atoms with Crippen LogP contribution in [0.1, 0.15) is 27.2 Å². The van der Waals surface area contributed by atoms with Gasteiger partial charge in [-0.2, -0.15) is 0 Å². The number of benzene rings is 2. The highest BCUT2D eigenvalue weighted by Crippen LogP contribution is 2.24. The fourth-order valence-electron chi connectivity index (χ4n) is 3.41. The highest BCUT2D eigenvalue weighted by molar-refractivity contribution is 6.03. The predicted molar refractivity (Wildman–Crippen MR) is 116 cm³/mol. The lowest BCUT2D eigenvalue weighted by Gasteiger charge is -2.13. The summed E-state index contributed by atoms with van der Waals surface area (Å²) in [6, 6.07) is 13.9. The molecular weight excluding hydrogens is 362 g/mol. The number of para-hydroxylation sites is 1. The Morgan fingerprint density at radius 3 is 2.38 bits per heavy atom. The highest BCUT2D eigenvalue weighted by atomic mass is 16.1. The van der Waals surface area contributed by atoms with Crippen LogP contribution in [0.5, 0.6) is 0 Å². The van der Waals surface area contributed by atoms with Gasteiger partial charge in [0.25, 0.3) is 5.91 Å². The van der Waals surface area contributed by atoms with Crippen LogP contribution in [0.2, 0.25) is 0 Å². The average Bonchev–Trinajstić information content (AvgIpc) is 2.71. The summed E-state index contributed by atoms with van der Waals surface area (Å²) in [5, 5.41) is 7.20. The van der Waals surface area contributed by atoms with E-state index in [0.29, 0.717) is 5.82 Å². The smallest absolute Gasteiger partial charge is 0.275 e. The molecule has 4 aromatic rings. The normalized spacial score (nSPS) is 10.7. The van der Waals surface area contributed by atoms with E-state index in [-0.39, 0.29) is 11.6 Å². The molecule has 0 atom stereocenters. The number of aryl methyl sites for hydroxylation is 3. The van der Waals surface area contributed by atoms with Crippen molar-refractivity contribution in [2.45, 2.75) is 20.8 Å². The summed E-state index contributed by atoms with van der Waals surface area (Å²) >= 11 is 0. The minimum Gasteiger partial charge on any atom is -0.337 e.